The Morgan fingerprint density at radius 2 is 1.96 bits per heavy atom. The van der Waals surface area contributed by atoms with Crippen molar-refractivity contribution in [2.75, 3.05) is 19.7 Å². The quantitative estimate of drug-likeness (QED) is 0.699. The normalized spacial score (nSPS) is 17.4. The van der Waals surface area contributed by atoms with Gasteiger partial charge in [0.15, 0.2) is 0 Å². The summed E-state index contributed by atoms with van der Waals surface area (Å²) in [5.74, 6) is 1.61. The lowest BCUT2D eigenvalue weighted by Crippen LogP contribution is -2.38. The first-order valence-corrected chi connectivity index (χ1v) is 10.1. The number of likely N-dealkylation sites (tertiary alicyclic amines) is 1. The number of aliphatic hydroxyl groups excluding tert-OH is 1. The number of aliphatic hydroxyl groups is 1. The number of hydrogen-bond acceptors (Lipinski definition) is 7. The molecule has 1 aliphatic rings. The van der Waals surface area contributed by atoms with E-state index < -0.39 is 0 Å². The molecule has 1 fully saturated rings. The third-order valence-electron chi connectivity index (χ3n) is 4.93. The average Bonchev–Trinajstić information content (AvgIpc) is 3.16. The molecule has 27 heavy (non-hydrogen) atoms. The second-order valence-corrected chi connectivity index (χ2v) is 7.82. The maximum absolute atomic E-state index is 10.8. The van der Waals surface area contributed by atoms with Crippen molar-refractivity contribution in [1.82, 2.24) is 19.5 Å². The van der Waals surface area contributed by atoms with Gasteiger partial charge in [0, 0.05) is 13.1 Å². The number of benzene rings is 1. The van der Waals surface area contributed by atoms with Crippen LogP contribution < -0.4 is 4.74 Å². The van der Waals surface area contributed by atoms with Crippen LogP contribution in [0.4, 0.5) is 0 Å². The van der Waals surface area contributed by atoms with Crippen LogP contribution in [-0.4, -0.2) is 55.5 Å². The van der Waals surface area contributed by atoms with Crippen molar-refractivity contribution in [3.63, 3.8) is 0 Å². The van der Waals surface area contributed by atoms with Crippen molar-refractivity contribution < 1.29 is 14.9 Å². The summed E-state index contributed by atoms with van der Waals surface area (Å²) in [6, 6.07) is 7.90. The van der Waals surface area contributed by atoms with E-state index in [1.807, 2.05) is 38.1 Å². The highest BCUT2D eigenvalue weighted by Gasteiger charge is 2.31. The number of rotatable bonds is 5. The summed E-state index contributed by atoms with van der Waals surface area (Å²) in [4.78, 5) is 8.22. The number of ether oxygens (including phenoxy) is 1. The molecule has 1 saturated heterocycles. The molecule has 0 unspecified atom stereocenters. The minimum atomic E-state index is -0.249. The highest BCUT2D eigenvalue weighted by molar-refractivity contribution is 7.17. The Kier molecular flexibility index (Phi) is 5.03. The maximum atomic E-state index is 10.8. The van der Waals surface area contributed by atoms with Gasteiger partial charge >= 0.3 is 0 Å². The Morgan fingerprint density at radius 1 is 1.26 bits per heavy atom. The Bertz CT molecular complexity index is 913. The first kappa shape index (κ1) is 18.2. The number of aromatic nitrogens is 3. The molecular formula is C19H24N4O3S. The zero-order chi connectivity index (χ0) is 19.0. The van der Waals surface area contributed by atoms with E-state index in [9.17, 15) is 10.2 Å². The molecular weight excluding hydrogens is 364 g/mol. The molecule has 0 saturated carbocycles. The van der Waals surface area contributed by atoms with Gasteiger partial charge in [-0.2, -0.15) is 4.52 Å². The number of nitrogens with zero attached hydrogens (tertiary/aromatic N) is 4. The van der Waals surface area contributed by atoms with Gasteiger partial charge in [0.25, 0.3) is 0 Å². The Balaban J connectivity index is 1.74. The molecule has 1 atom stereocenters. The highest BCUT2D eigenvalue weighted by Crippen LogP contribution is 2.41. The third kappa shape index (κ3) is 3.52. The van der Waals surface area contributed by atoms with Crippen molar-refractivity contribution in [3.8, 4) is 11.6 Å². The minimum Gasteiger partial charge on any atom is -0.494 e. The largest absolute Gasteiger partial charge is 0.494 e. The molecule has 0 aliphatic carbocycles. The van der Waals surface area contributed by atoms with Crippen molar-refractivity contribution in [1.29, 1.82) is 0 Å². The number of hydrogen-bond donors (Lipinski definition) is 2. The molecule has 7 nitrogen and oxygen atoms in total. The van der Waals surface area contributed by atoms with Gasteiger partial charge < -0.3 is 14.9 Å². The molecule has 8 heteroatoms. The molecule has 1 aliphatic heterocycles. The van der Waals surface area contributed by atoms with E-state index in [4.69, 9.17) is 4.74 Å². The van der Waals surface area contributed by atoms with Crippen LogP contribution in [-0.2, 0) is 0 Å². The van der Waals surface area contributed by atoms with Crippen molar-refractivity contribution in [2.45, 2.75) is 38.8 Å². The molecule has 2 aromatic heterocycles. The lowest BCUT2D eigenvalue weighted by molar-refractivity contribution is 0.0689. The predicted octanol–water partition coefficient (Wildman–Crippen LogP) is 2.75. The first-order valence-electron chi connectivity index (χ1n) is 9.26. The fraction of sp³-hybridized carbons (Fsp3) is 0.474. The molecule has 3 heterocycles. The van der Waals surface area contributed by atoms with Gasteiger partial charge in [0.05, 0.1) is 23.6 Å². The zero-order valence-corrected chi connectivity index (χ0v) is 16.3. The fourth-order valence-corrected chi connectivity index (χ4v) is 4.77. The Hall–Kier alpha value is -2.16. The van der Waals surface area contributed by atoms with E-state index >= 15 is 0 Å². The van der Waals surface area contributed by atoms with E-state index in [1.165, 1.54) is 15.9 Å². The summed E-state index contributed by atoms with van der Waals surface area (Å²) < 4.78 is 7.07. The number of aryl methyl sites for hydroxylation is 1. The number of piperidine rings is 1. The first-order chi connectivity index (χ1) is 13.1. The van der Waals surface area contributed by atoms with Gasteiger partial charge in [-0.3, -0.25) is 4.90 Å². The summed E-state index contributed by atoms with van der Waals surface area (Å²) in [7, 11) is 0. The molecule has 2 N–H and O–H groups in total. The van der Waals surface area contributed by atoms with Crippen LogP contribution in [0, 0.1) is 6.92 Å². The molecule has 144 valence electrons. The van der Waals surface area contributed by atoms with Gasteiger partial charge in [0.2, 0.25) is 10.8 Å². The van der Waals surface area contributed by atoms with Gasteiger partial charge in [0.1, 0.15) is 11.6 Å². The van der Waals surface area contributed by atoms with Gasteiger partial charge in [-0.15, -0.1) is 5.10 Å². The maximum Gasteiger partial charge on any atom is 0.230 e. The predicted molar refractivity (Wildman–Crippen MR) is 104 cm³/mol. The molecule has 1 aromatic carbocycles. The number of fused-ring (bicyclic) bond motifs is 1. The zero-order valence-electron chi connectivity index (χ0n) is 15.5. The van der Waals surface area contributed by atoms with Gasteiger partial charge in [-0.25, -0.2) is 4.98 Å². The van der Waals surface area contributed by atoms with Crippen LogP contribution in [0.15, 0.2) is 24.3 Å². The fourth-order valence-electron chi connectivity index (χ4n) is 3.61. The summed E-state index contributed by atoms with van der Waals surface area (Å²) in [6.07, 6.45) is 1.21. The van der Waals surface area contributed by atoms with Crippen LogP contribution in [0.2, 0.25) is 0 Å². The van der Waals surface area contributed by atoms with Crippen LogP contribution in [0.1, 0.15) is 42.1 Å². The Morgan fingerprint density at radius 3 is 2.59 bits per heavy atom. The second kappa shape index (κ2) is 7.46. The topological polar surface area (TPSA) is 83.1 Å². The average molecular weight is 388 g/mol. The highest BCUT2D eigenvalue weighted by atomic mass is 32.1. The lowest BCUT2D eigenvalue weighted by atomic mass is 9.99. The summed E-state index contributed by atoms with van der Waals surface area (Å²) in [5, 5.41) is 25.0. The lowest BCUT2D eigenvalue weighted by Gasteiger charge is -2.36. The van der Waals surface area contributed by atoms with Gasteiger partial charge in [-0.05, 0) is 44.4 Å². The summed E-state index contributed by atoms with van der Waals surface area (Å²) >= 11 is 1.46. The SMILES string of the molecule is CCOc1ccc([C@H](c2sc3nc(C)nn3c2O)N2CCC(O)CC2)cc1. The molecule has 0 radical (unpaired) electrons. The molecule has 0 spiro atoms. The van der Waals surface area contributed by atoms with E-state index in [0.717, 1.165) is 42.1 Å². The standard InChI is InChI=1S/C19H24N4O3S/c1-3-26-15-6-4-13(5-7-15)16(22-10-8-14(24)9-11-22)17-18(25)23-19(27-17)20-12(2)21-23/h4-7,14,16,24-25H,3,8-11H2,1-2H3/t16-/m1/s1. The van der Waals surface area contributed by atoms with Crippen LogP contribution in [0.25, 0.3) is 4.96 Å². The van der Waals surface area contributed by atoms with Crippen molar-refractivity contribution >= 4 is 16.3 Å². The summed E-state index contributed by atoms with van der Waals surface area (Å²) in [6.45, 7) is 5.94. The van der Waals surface area contributed by atoms with Crippen molar-refractivity contribution in [2.24, 2.45) is 0 Å². The van der Waals surface area contributed by atoms with Gasteiger partial charge in [-0.1, -0.05) is 23.5 Å². The van der Waals surface area contributed by atoms with Crippen LogP contribution >= 0.6 is 11.3 Å². The second-order valence-electron chi connectivity index (χ2n) is 6.82. The van der Waals surface area contributed by atoms with Crippen LogP contribution in [0.3, 0.4) is 0 Å². The minimum absolute atomic E-state index is 0.109. The summed E-state index contributed by atoms with van der Waals surface area (Å²) in [5.41, 5.74) is 1.08. The Labute approximate surface area is 161 Å². The molecule has 0 amide bonds. The van der Waals surface area contributed by atoms with Crippen molar-refractivity contribution in [3.05, 3.63) is 40.5 Å². The number of thiazole rings is 1. The molecule has 4 rings (SSSR count). The van der Waals surface area contributed by atoms with E-state index in [-0.39, 0.29) is 18.0 Å². The molecule has 0 bridgehead atoms. The van der Waals surface area contributed by atoms with E-state index in [1.54, 1.807) is 0 Å². The third-order valence-corrected chi connectivity index (χ3v) is 6.00. The monoisotopic (exact) mass is 388 g/mol. The molecule has 3 aromatic rings. The van der Waals surface area contributed by atoms with E-state index in [2.05, 4.69) is 15.0 Å². The number of aromatic hydroxyl groups is 1. The smallest absolute Gasteiger partial charge is 0.230 e. The van der Waals surface area contributed by atoms with E-state index in [0.29, 0.717) is 17.4 Å². The van der Waals surface area contributed by atoms with Crippen LogP contribution in [0.5, 0.6) is 11.6 Å².